The number of allylic oxidation sites excluding steroid dienone is 3. The van der Waals surface area contributed by atoms with Gasteiger partial charge in [-0.25, -0.2) is 0 Å². The van der Waals surface area contributed by atoms with Crippen molar-refractivity contribution >= 4 is 24.0 Å². The summed E-state index contributed by atoms with van der Waals surface area (Å²) in [5.41, 5.74) is 0. The maximum absolute atomic E-state index is 12.4. The van der Waals surface area contributed by atoms with E-state index in [1.807, 2.05) is 0 Å². The third-order valence-electron chi connectivity index (χ3n) is 4.99. The maximum Gasteiger partial charge on any atom is 0.309 e. The molecular weight excluding hydrogens is 392 g/mol. The summed E-state index contributed by atoms with van der Waals surface area (Å²) in [6.45, 7) is 4.62. The van der Waals surface area contributed by atoms with Crippen molar-refractivity contribution in [3.8, 4) is 0 Å². The Kier molecular flexibility index (Phi) is 11.2. The van der Waals surface area contributed by atoms with Crippen molar-refractivity contribution < 1.29 is 38.5 Å². The largest absolute Gasteiger partial charge is 0.462 e. The number of carbonyl (C=O) groups is 4. The Morgan fingerprint density at radius 1 is 1.30 bits per heavy atom. The van der Waals surface area contributed by atoms with Crippen LogP contribution in [0.5, 0.6) is 0 Å². The van der Waals surface area contributed by atoms with E-state index < -0.39 is 48.2 Å². The third-order valence-corrected chi connectivity index (χ3v) is 4.99. The molecule has 168 valence electrons. The number of carbonyl (C=O) groups excluding carboxylic acids is 4. The lowest BCUT2D eigenvalue weighted by Gasteiger charge is -2.33. The van der Waals surface area contributed by atoms with E-state index in [9.17, 15) is 24.3 Å². The minimum atomic E-state index is -1.25. The van der Waals surface area contributed by atoms with E-state index in [2.05, 4.69) is 0 Å². The number of hydrogen-bond donors (Lipinski definition) is 1. The third kappa shape index (κ3) is 8.59. The first-order valence-corrected chi connectivity index (χ1v) is 10.1. The molecule has 30 heavy (non-hydrogen) atoms. The Morgan fingerprint density at radius 2 is 2.00 bits per heavy atom. The zero-order valence-electron chi connectivity index (χ0n) is 18.0. The Morgan fingerprint density at radius 3 is 2.60 bits per heavy atom. The first kappa shape index (κ1) is 25.7. The van der Waals surface area contributed by atoms with Crippen molar-refractivity contribution in [2.45, 2.75) is 70.9 Å². The molecule has 0 aromatic carbocycles. The monoisotopic (exact) mass is 424 g/mol. The lowest BCUT2D eigenvalue weighted by atomic mass is 9.83. The van der Waals surface area contributed by atoms with Crippen LogP contribution in [0.4, 0.5) is 0 Å². The van der Waals surface area contributed by atoms with Gasteiger partial charge in [0.2, 0.25) is 0 Å². The number of hydrogen-bond acceptors (Lipinski definition) is 8. The van der Waals surface area contributed by atoms with Gasteiger partial charge in [0, 0.05) is 32.8 Å². The summed E-state index contributed by atoms with van der Waals surface area (Å²) in [4.78, 5) is 47.5. The molecule has 0 fully saturated rings. The second-order valence-electron chi connectivity index (χ2n) is 7.57. The van der Waals surface area contributed by atoms with Gasteiger partial charge in [-0.15, -0.1) is 0 Å². The molecule has 0 saturated heterocycles. The summed E-state index contributed by atoms with van der Waals surface area (Å²) >= 11 is 0. The molecular formula is C22H32O8. The molecule has 8 nitrogen and oxygen atoms in total. The summed E-state index contributed by atoms with van der Waals surface area (Å²) < 4.78 is 16.0. The van der Waals surface area contributed by atoms with Gasteiger partial charge in [-0.3, -0.25) is 14.4 Å². The summed E-state index contributed by atoms with van der Waals surface area (Å²) in [6, 6.07) is 0. The summed E-state index contributed by atoms with van der Waals surface area (Å²) in [5.74, 6) is -2.46. The minimum absolute atomic E-state index is 0.0173. The fourth-order valence-corrected chi connectivity index (χ4v) is 3.43. The lowest BCUT2D eigenvalue weighted by Crippen LogP contribution is -2.46. The van der Waals surface area contributed by atoms with Crippen molar-refractivity contribution in [1.82, 2.24) is 0 Å². The first-order valence-electron chi connectivity index (χ1n) is 10.1. The van der Waals surface area contributed by atoms with Gasteiger partial charge in [-0.1, -0.05) is 25.2 Å². The molecule has 1 aliphatic rings. The molecule has 1 rings (SSSR count). The molecule has 0 bridgehead atoms. The van der Waals surface area contributed by atoms with Crippen LogP contribution in [-0.4, -0.2) is 60.6 Å². The maximum atomic E-state index is 12.4. The van der Waals surface area contributed by atoms with E-state index in [4.69, 9.17) is 14.2 Å². The number of ketones is 1. The molecule has 1 unspecified atom stereocenters. The van der Waals surface area contributed by atoms with Crippen LogP contribution in [0.1, 0.15) is 46.5 Å². The highest BCUT2D eigenvalue weighted by atomic mass is 16.6. The van der Waals surface area contributed by atoms with Crippen LogP contribution in [0.2, 0.25) is 0 Å². The van der Waals surface area contributed by atoms with Crippen molar-refractivity contribution in [3.63, 3.8) is 0 Å². The molecule has 6 atom stereocenters. The molecule has 0 amide bonds. The van der Waals surface area contributed by atoms with E-state index in [1.54, 1.807) is 32.1 Å². The van der Waals surface area contributed by atoms with E-state index in [1.165, 1.54) is 20.1 Å². The standard InChI is InChI=1S/C22H32O8/c1-14-12-17(10-11-23)21(27)22(28-4)19(30-16(3)24)13-20(26)29-15(2)8-6-5-7-9-18(14)25/h5-7,9,11,14-15,17,19,21-22,27H,8,10,12-13H2,1-4H3/b6-5+,9-7+/t14-,15-,17+,19-,21+,22?/m1/s1. The van der Waals surface area contributed by atoms with Crippen LogP contribution in [0.25, 0.3) is 0 Å². The fraction of sp³-hybridized carbons (Fsp3) is 0.636. The molecule has 1 aliphatic heterocycles. The molecule has 8 heteroatoms. The van der Waals surface area contributed by atoms with Gasteiger partial charge in [-0.2, -0.15) is 0 Å². The van der Waals surface area contributed by atoms with Gasteiger partial charge in [-0.05, 0) is 25.3 Å². The number of rotatable bonds is 4. The molecule has 0 aromatic rings. The van der Waals surface area contributed by atoms with Gasteiger partial charge >= 0.3 is 11.9 Å². The Balaban J connectivity index is 3.26. The summed E-state index contributed by atoms with van der Waals surface area (Å²) in [6.07, 6.45) is 3.64. The molecule has 0 aromatic heterocycles. The van der Waals surface area contributed by atoms with Gasteiger partial charge in [0.05, 0.1) is 12.5 Å². The Labute approximate surface area is 177 Å². The Bertz CT molecular complexity index is 654. The molecule has 0 saturated carbocycles. The van der Waals surface area contributed by atoms with Gasteiger partial charge in [0.25, 0.3) is 0 Å². The van der Waals surface area contributed by atoms with E-state index in [-0.39, 0.29) is 25.0 Å². The molecule has 0 aliphatic carbocycles. The zero-order valence-corrected chi connectivity index (χ0v) is 18.0. The molecule has 0 spiro atoms. The van der Waals surface area contributed by atoms with Crippen molar-refractivity contribution in [3.05, 3.63) is 24.3 Å². The van der Waals surface area contributed by atoms with Crippen molar-refractivity contribution in [2.24, 2.45) is 11.8 Å². The normalized spacial score (nSPS) is 33.9. The Hall–Kier alpha value is -2.32. The van der Waals surface area contributed by atoms with Crippen LogP contribution in [0.3, 0.4) is 0 Å². The second-order valence-corrected chi connectivity index (χ2v) is 7.57. The van der Waals surface area contributed by atoms with Crippen LogP contribution in [0, 0.1) is 11.8 Å². The van der Waals surface area contributed by atoms with Crippen LogP contribution in [-0.2, 0) is 33.4 Å². The number of ether oxygens (including phenoxy) is 3. The quantitative estimate of drug-likeness (QED) is 0.538. The minimum Gasteiger partial charge on any atom is -0.462 e. The van der Waals surface area contributed by atoms with E-state index in [0.717, 1.165) is 0 Å². The smallest absolute Gasteiger partial charge is 0.309 e. The number of esters is 2. The number of methoxy groups -OCH3 is 1. The van der Waals surface area contributed by atoms with Gasteiger partial charge in [0.15, 0.2) is 5.78 Å². The SMILES string of the molecule is COC1[C@@H](O)[C@@H](CC=O)C[C@@H](C)C(=O)/C=C/C=C/C[C@@H](C)OC(=O)C[C@H]1OC(C)=O. The van der Waals surface area contributed by atoms with Gasteiger partial charge in [0.1, 0.15) is 24.6 Å². The first-order chi connectivity index (χ1) is 14.2. The summed E-state index contributed by atoms with van der Waals surface area (Å²) in [7, 11) is 1.32. The molecule has 1 N–H and O–H groups in total. The van der Waals surface area contributed by atoms with Crippen LogP contribution in [0.15, 0.2) is 24.3 Å². The highest BCUT2D eigenvalue weighted by Gasteiger charge is 2.38. The molecule has 0 radical (unpaired) electrons. The predicted molar refractivity (Wildman–Crippen MR) is 108 cm³/mol. The predicted octanol–water partition coefficient (Wildman–Crippen LogP) is 1.93. The number of aliphatic hydroxyl groups is 1. The highest BCUT2D eigenvalue weighted by Crippen LogP contribution is 2.26. The van der Waals surface area contributed by atoms with Crippen molar-refractivity contribution in [1.29, 1.82) is 0 Å². The van der Waals surface area contributed by atoms with E-state index >= 15 is 0 Å². The lowest BCUT2D eigenvalue weighted by molar-refractivity contribution is -0.171. The topological polar surface area (TPSA) is 116 Å². The zero-order chi connectivity index (χ0) is 22.7. The van der Waals surface area contributed by atoms with Crippen LogP contribution < -0.4 is 0 Å². The number of cyclic esters (lactones) is 1. The highest BCUT2D eigenvalue weighted by molar-refractivity contribution is 5.91. The number of aliphatic hydroxyl groups excluding tert-OH is 1. The molecule has 1 heterocycles. The van der Waals surface area contributed by atoms with E-state index in [0.29, 0.717) is 12.7 Å². The fourth-order valence-electron chi connectivity index (χ4n) is 3.43. The average Bonchev–Trinajstić information content (AvgIpc) is 2.66. The summed E-state index contributed by atoms with van der Waals surface area (Å²) in [5, 5.41) is 10.9. The number of aldehydes is 1. The van der Waals surface area contributed by atoms with Crippen LogP contribution >= 0.6 is 0 Å². The van der Waals surface area contributed by atoms with Gasteiger partial charge < -0.3 is 24.1 Å². The second kappa shape index (κ2) is 13.1. The van der Waals surface area contributed by atoms with Crippen molar-refractivity contribution in [2.75, 3.05) is 7.11 Å². The average molecular weight is 424 g/mol.